The van der Waals surface area contributed by atoms with Crippen molar-refractivity contribution in [3.63, 3.8) is 0 Å². The number of benzene rings is 2. The first-order valence-electron chi connectivity index (χ1n) is 10.3. The fraction of sp³-hybridized carbons (Fsp3) is 0.280. The lowest BCUT2D eigenvalue weighted by Gasteiger charge is -2.24. The minimum atomic E-state index is -0.335. The Morgan fingerprint density at radius 2 is 1.58 bits per heavy atom. The van der Waals surface area contributed by atoms with Crippen molar-refractivity contribution in [1.29, 1.82) is 0 Å². The van der Waals surface area contributed by atoms with Gasteiger partial charge in [0.15, 0.2) is 0 Å². The van der Waals surface area contributed by atoms with Crippen LogP contribution >= 0.6 is 0 Å². The molecule has 31 heavy (non-hydrogen) atoms. The normalized spacial score (nSPS) is 10.9. The molecule has 0 saturated heterocycles. The van der Waals surface area contributed by atoms with Crippen molar-refractivity contribution in [1.82, 2.24) is 9.88 Å². The monoisotopic (exact) mass is 420 g/mol. The zero-order valence-corrected chi connectivity index (χ0v) is 18.5. The van der Waals surface area contributed by atoms with Gasteiger partial charge in [0.25, 0.3) is 5.91 Å². The van der Waals surface area contributed by atoms with Crippen LogP contribution in [0, 0.1) is 12.7 Å². The number of halogens is 1. The second-order valence-electron chi connectivity index (χ2n) is 7.98. The minimum absolute atomic E-state index is 0.140. The van der Waals surface area contributed by atoms with E-state index in [1.807, 2.05) is 64.5 Å². The van der Waals surface area contributed by atoms with E-state index >= 15 is 0 Å². The van der Waals surface area contributed by atoms with Crippen molar-refractivity contribution in [3.8, 4) is 0 Å². The van der Waals surface area contributed by atoms with E-state index in [0.29, 0.717) is 17.8 Å². The number of aromatic nitrogens is 1. The van der Waals surface area contributed by atoms with E-state index in [4.69, 9.17) is 0 Å². The van der Waals surface area contributed by atoms with Gasteiger partial charge in [0.2, 0.25) is 0 Å². The van der Waals surface area contributed by atoms with Crippen molar-refractivity contribution >= 4 is 17.4 Å². The SMILES string of the molecule is Cc1ccc(C(=O)N(Cc2ccc(N(C)CCN(C)C)nc2)c2ccc(F)cc2)cc1. The third-order valence-corrected chi connectivity index (χ3v) is 5.11. The van der Waals surface area contributed by atoms with Crippen molar-refractivity contribution in [3.05, 3.63) is 89.4 Å². The Kier molecular flexibility index (Phi) is 7.36. The van der Waals surface area contributed by atoms with Gasteiger partial charge in [-0.3, -0.25) is 4.79 Å². The molecule has 0 N–H and O–H groups in total. The Morgan fingerprint density at radius 3 is 2.16 bits per heavy atom. The number of carbonyl (C=O) groups is 1. The highest BCUT2D eigenvalue weighted by Gasteiger charge is 2.19. The summed E-state index contributed by atoms with van der Waals surface area (Å²) in [6, 6.07) is 17.4. The summed E-state index contributed by atoms with van der Waals surface area (Å²) in [4.78, 5) is 23.7. The third kappa shape index (κ3) is 6.12. The maximum atomic E-state index is 13.5. The van der Waals surface area contributed by atoms with Crippen LogP contribution in [0.5, 0.6) is 0 Å². The predicted octanol–water partition coefficient (Wildman–Crippen LogP) is 4.37. The molecule has 2 aromatic carbocycles. The molecule has 1 aromatic heterocycles. The standard InChI is InChI=1S/C25H29FN4O/c1-19-5-8-21(9-6-19)25(31)30(23-12-10-22(26)11-13-23)18-20-7-14-24(27-17-20)29(4)16-15-28(2)3/h5-14,17H,15-16,18H2,1-4H3. The topological polar surface area (TPSA) is 39.7 Å². The van der Waals surface area contributed by atoms with E-state index in [2.05, 4.69) is 14.8 Å². The first kappa shape index (κ1) is 22.4. The molecule has 3 rings (SSSR count). The van der Waals surface area contributed by atoms with Crippen LogP contribution in [0.3, 0.4) is 0 Å². The number of pyridine rings is 1. The lowest BCUT2D eigenvalue weighted by atomic mass is 10.1. The molecule has 1 heterocycles. The van der Waals surface area contributed by atoms with Gasteiger partial charge in [0.1, 0.15) is 11.6 Å². The average Bonchev–Trinajstić information content (AvgIpc) is 2.77. The van der Waals surface area contributed by atoms with Crippen LogP contribution in [0.15, 0.2) is 66.9 Å². The smallest absolute Gasteiger partial charge is 0.258 e. The number of anilines is 2. The Morgan fingerprint density at radius 1 is 0.903 bits per heavy atom. The van der Waals surface area contributed by atoms with Crippen LogP contribution in [-0.2, 0) is 6.54 Å². The molecule has 5 nitrogen and oxygen atoms in total. The molecular weight excluding hydrogens is 391 g/mol. The summed E-state index contributed by atoms with van der Waals surface area (Å²) in [5, 5.41) is 0. The Bertz CT molecular complexity index is 986. The van der Waals surface area contributed by atoms with Crippen molar-refractivity contribution < 1.29 is 9.18 Å². The van der Waals surface area contributed by atoms with Gasteiger partial charge in [0, 0.05) is 37.6 Å². The Labute approximate surface area is 183 Å². The quantitative estimate of drug-likeness (QED) is 0.542. The first-order chi connectivity index (χ1) is 14.8. The third-order valence-electron chi connectivity index (χ3n) is 5.11. The molecule has 0 aliphatic carbocycles. The van der Waals surface area contributed by atoms with Gasteiger partial charge in [-0.25, -0.2) is 9.37 Å². The molecule has 3 aromatic rings. The number of hydrogen-bond donors (Lipinski definition) is 0. The highest BCUT2D eigenvalue weighted by molar-refractivity contribution is 6.06. The lowest BCUT2D eigenvalue weighted by Crippen LogP contribution is -2.31. The van der Waals surface area contributed by atoms with Crippen LogP contribution in [0.4, 0.5) is 15.9 Å². The predicted molar refractivity (Wildman–Crippen MR) is 124 cm³/mol. The fourth-order valence-electron chi connectivity index (χ4n) is 3.14. The van der Waals surface area contributed by atoms with Gasteiger partial charge in [0.05, 0.1) is 6.54 Å². The van der Waals surface area contributed by atoms with E-state index in [-0.39, 0.29) is 11.7 Å². The van der Waals surface area contributed by atoms with Gasteiger partial charge in [-0.1, -0.05) is 23.8 Å². The molecule has 0 bridgehead atoms. The fourth-order valence-corrected chi connectivity index (χ4v) is 3.14. The number of amides is 1. The number of likely N-dealkylation sites (N-methyl/N-ethyl adjacent to an activating group) is 2. The van der Waals surface area contributed by atoms with E-state index in [1.165, 1.54) is 12.1 Å². The molecule has 0 radical (unpaired) electrons. The second-order valence-corrected chi connectivity index (χ2v) is 7.98. The van der Waals surface area contributed by atoms with Crippen LogP contribution < -0.4 is 9.80 Å². The first-order valence-corrected chi connectivity index (χ1v) is 10.3. The van der Waals surface area contributed by atoms with Gasteiger partial charge in [-0.05, 0) is 69.0 Å². The van der Waals surface area contributed by atoms with Crippen molar-refractivity contribution in [2.45, 2.75) is 13.5 Å². The highest BCUT2D eigenvalue weighted by atomic mass is 19.1. The second kappa shape index (κ2) is 10.2. The van der Waals surface area contributed by atoms with Gasteiger partial charge in [-0.15, -0.1) is 0 Å². The van der Waals surface area contributed by atoms with Crippen LogP contribution in [0.25, 0.3) is 0 Å². The van der Waals surface area contributed by atoms with Crippen LogP contribution in [0.1, 0.15) is 21.5 Å². The maximum Gasteiger partial charge on any atom is 0.258 e. The summed E-state index contributed by atoms with van der Waals surface area (Å²) in [6.45, 7) is 4.12. The lowest BCUT2D eigenvalue weighted by molar-refractivity contribution is 0.0985. The minimum Gasteiger partial charge on any atom is -0.358 e. The van der Waals surface area contributed by atoms with Gasteiger partial charge >= 0.3 is 0 Å². The molecule has 0 aliphatic heterocycles. The van der Waals surface area contributed by atoms with Crippen LogP contribution in [-0.4, -0.2) is 50.0 Å². The van der Waals surface area contributed by atoms with Gasteiger partial charge < -0.3 is 14.7 Å². The van der Waals surface area contributed by atoms with E-state index in [1.54, 1.807) is 23.2 Å². The molecule has 0 fully saturated rings. The molecule has 0 atom stereocenters. The maximum absolute atomic E-state index is 13.5. The molecule has 0 aliphatic rings. The number of rotatable bonds is 8. The number of carbonyl (C=O) groups excluding carboxylic acids is 1. The number of nitrogens with zero attached hydrogens (tertiary/aromatic N) is 4. The molecule has 0 saturated carbocycles. The molecule has 6 heteroatoms. The molecular formula is C25H29FN4O. The largest absolute Gasteiger partial charge is 0.358 e. The summed E-state index contributed by atoms with van der Waals surface area (Å²) < 4.78 is 13.5. The van der Waals surface area contributed by atoms with Gasteiger partial charge in [-0.2, -0.15) is 0 Å². The molecule has 0 unspecified atom stereocenters. The summed E-state index contributed by atoms with van der Waals surface area (Å²) in [5.74, 6) is 0.404. The summed E-state index contributed by atoms with van der Waals surface area (Å²) in [6.07, 6.45) is 1.79. The summed E-state index contributed by atoms with van der Waals surface area (Å²) in [5.41, 5.74) is 3.21. The molecule has 1 amide bonds. The van der Waals surface area contributed by atoms with Crippen molar-refractivity contribution in [2.24, 2.45) is 0 Å². The highest BCUT2D eigenvalue weighted by Crippen LogP contribution is 2.22. The van der Waals surface area contributed by atoms with Crippen LogP contribution in [0.2, 0.25) is 0 Å². The number of aryl methyl sites for hydroxylation is 1. The Hall–Kier alpha value is -3.25. The zero-order valence-electron chi connectivity index (χ0n) is 18.5. The Balaban J connectivity index is 1.82. The number of hydrogen-bond acceptors (Lipinski definition) is 4. The van der Waals surface area contributed by atoms with E-state index in [9.17, 15) is 9.18 Å². The summed E-state index contributed by atoms with van der Waals surface area (Å²) in [7, 11) is 6.09. The molecule has 0 spiro atoms. The zero-order chi connectivity index (χ0) is 22.4. The average molecular weight is 421 g/mol. The molecule has 162 valence electrons. The van der Waals surface area contributed by atoms with Crippen molar-refractivity contribution in [2.75, 3.05) is 44.0 Å². The van der Waals surface area contributed by atoms with E-state index in [0.717, 1.165) is 30.0 Å². The van der Waals surface area contributed by atoms with E-state index < -0.39 is 0 Å². The summed E-state index contributed by atoms with van der Waals surface area (Å²) >= 11 is 0.